The standard InChI is InChI=1S/C26H38O3/c1-7-22(16-10-14-20(5)13-9-12-19(3)4)17-11-15-21(6)18-24-25(27)23(8-2)26(28)29-24/h10,12-14,17-18,24,27H,7-9,11,15-16H2,1-6H3. The summed E-state index contributed by atoms with van der Waals surface area (Å²) in [7, 11) is 0. The van der Waals surface area contributed by atoms with Gasteiger partial charge in [-0.2, -0.15) is 0 Å². The molecule has 3 nitrogen and oxygen atoms in total. The van der Waals surface area contributed by atoms with Crippen LogP contribution in [0.4, 0.5) is 0 Å². The first-order valence-corrected chi connectivity index (χ1v) is 10.7. The molecule has 0 bridgehead atoms. The van der Waals surface area contributed by atoms with E-state index in [1.165, 1.54) is 16.7 Å². The minimum atomic E-state index is -0.615. The molecule has 1 unspecified atom stereocenters. The van der Waals surface area contributed by atoms with Crippen molar-refractivity contribution in [1.82, 2.24) is 0 Å². The number of ether oxygens (including phenoxy) is 1. The van der Waals surface area contributed by atoms with Gasteiger partial charge in [-0.05, 0) is 72.3 Å². The van der Waals surface area contributed by atoms with Crippen molar-refractivity contribution in [3.63, 3.8) is 0 Å². The minimum absolute atomic E-state index is 0.0692. The van der Waals surface area contributed by atoms with Crippen LogP contribution in [0.25, 0.3) is 0 Å². The summed E-state index contributed by atoms with van der Waals surface area (Å²) in [4.78, 5) is 11.7. The van der Waals surface area contributed by atoms with E-state index in [1.807, 2.05) is 19.9 Å². The van der Waals surface area contributed by atoms with Crippen molar-refractivity contribution in [2.24, 2.45) is 0 Å². The van der Waals surface area contributed by atoms with Gasteiger partial charge in [-0.15, -0.1) is 0 Å². The molecule has 1 N–H and O–H groups in total. The van der Waals surface area contributed by atoms with Crippen molar-refractivity contribution in [3.8, 4) is 0 Å². The van der Waals surface area contributed by atoms with E-state index in [4.69, 9.17) is 4.74 Å². The summed E-state index contributed by atoms with van der Waals surface area (Å²) in [5, 5.41) is 10.1. The van der Waals surface area contributed by atoms with E-state index in [-0.39, 0.29) is 5.76 Å². The van der Waals surface area contributed by atoms with E-state index in [9.17, 15) is 9.90 Å². The first-order chi connectivity index (χ1) is 13.8. The summed E-state index contributed by atoms with van der Waals surface area (Å²) in [6, 6.07) is 0. The van der Waals surface area contributed by atoms with Crippen molar-refractivity contribution in [3.05, 3.63) is 70.1 Å². The summed E-state index contributed by atoms with van der Waals surface area (Å²) in [5.74, 6) is -0.330. The predicted molar refractivity (Wildman–Crippen MR) is 123 cm³/mol. The maximum absolute atomic E-state index is 11.7. The molecule has 0 fully saturated rings. The molecule has 1 rings (SSSR count). The van der Waals surface area contributed by atoms with E-state index in [0.29, 0.717) is 12.0 Å². The van der Waals surface area contributed by atoms with Gasteiger partial charge in [-0.3, -0.25) is 0 Å². The summed E-state index contributed by atoms with van der Waals surface area (Å²) in [6.45, 7) is 12.4. The van der Waals surface area contributed by atoms with Gasteiger partial charge in [0.1, 0.15) is 5.76 Å². The van der Waals surface area contributed by atoms with Crippen LogP contribution in [0.2, 0.25) is 0 Å². The highest BCUT2D eigenvalue weighted by Crippen LogP contribution is 2.25. The van der Waals surface area contributed by atoms with Crippen LogP contribution in [0, 0.1) is 0 Å². The number of hydrogen-bond donors (Lipinski definition) is 1. The Morgan fingerprint density at radius 1 is 1.10 bits per heavy atom. The van der Waals surface area contributed by atoms with Crippen molar-refractivity contribution >= 4 is 5.97 Å². The van der Waals surface area contributed by atoms with Gasteiger partial charge in [0.15, 0.2) is 6.10 Å². The lowest BCUT2D eigenvalue weighted by Gasteiger charge is -2.07. The molecule has 0 aromatic heterocycles. The second-order valence-electron chi connectivity index (χ2n) is 7.88. The predicted octanol–water partition coefficient (Wildman–Crippen LogP) is 7.45. The van der Waals surface area contributed by atoms with Crippen LogP contribution in [0.1, 0.15) is 80.1 Å². The Bertz CT molecular complexity index is 738. The average Bonchev–Trinajstić information content (AvgIpc) is 2.92. The van der Waals surface area contributed by atoms with Gasteiger partial charge < -0.3 is 9.84 Å². The average molecular weight is 399 g/mol. The monoisotopic (exact) mass is 398 g/mol. The Kier molecular flexibility index (Phi) is 11.1. The lowest BCUT2D eigenvalue weighted by Crippen LogP contribution is -2.08. The van der Waals surface area contributed by atoms with Crippen LogP contribution in [0.3, 0.4) is 0 Å². The van der Waals surface area contributed by atoms with Crippen LogP contribution in [0.15, 0.2) is 70.1 Å². The zero-order valence-electron chi connectivity index (χ0n) is 19.0. The summed E-state index contributed by atoms with van der Waals surface area (Å²) in [6.07, 6.45) is 17.8. The molecule has 0 amide bonds. The highest BCUT2D eigenvalue weighted by Gasteiger charge is 2.31. The maximum atomic E-state index is 11.7. The molecule has 3 heteroatoms. The second kappa shape index (κ2) is 13.0. The molecule has 0 radical (unpaired) electrons. The lowest BCUT2D eigenvalue weighted by molar-refractivity contribution is -0.138. The molecule has 0 saturated heterocycles. The molecule has 29 heavy (non-hydrogen) atoms. The number of rotatable bonds is 11. The fourth-order valence-corrected chi connectivity index (χ4v) is 3.12. The van der Waals surface area contributed by atoms with E-state index >= 15 is 0 Å². The first kappa shape index (κ1) is 24.7. The zero-order valence-corrected chi connectivity index (χ0v) is 19.0. The molecule has 1 aliphatic rings. The van der Waals surface area contributed by atoms with Gasteiger partial charge in [0, 0.05) is 0 Å². The lowest BCUT2D eigenvalue weighted by atomic mass is 10.0. The van der Waals surface area contributed by atoms with E-state index in [2.05, 4.69) is 58.1 Å². The number of carbonyl (C=O) groups excluding carboxylic acids is 1. The number of aliphatic hydroxyl groups excluding tert-OH is 1. The third-order valence-corrected chi connectivity index (χ3v) is 5.00. The Hall–Kier alpha value is -2.29. The van der Waals surface area contributed by atoms with E-state index in [0.717, 1.165) is 37.7 Å². The largest absolute Gasteiger partial charge is 0.507 e. The topological polar surface area (TPSA) is 46.5 Å². The Labute approximate surface area is 177 Å². The molecule has 0 saturated carbocycles. The van der Waals surface area contributed by atoms with Gasteiger partial charge >= 0.3 is 5.97 Å². The molecule has 0 aromatic rings. The molecule has 0 aliphatic carbocycles. The molecular weight excluding hydrogens is 360 g/mol. The number of aliphatic hydroxyl groups is 1. The fourth-order valence-electron chi connectivity index (χ4n) is 3.12. The van der Waals surface area contributed by atoms with E-state index in [1.54, 1.807) is 0 Å². The molecule has 1 atom stereocenters. The smallest absolute Gasteiger partial charge is 0.338 e. The number of esters is 1. The molecule has 0 spiro atoms. The van der Waals surface area contributed by atoms with E-state index < -0.39 is 12.1 Å². The second-order valence-corrected chi connectivity index (χ2v) is 7.88. The quantitative estimate of drug-likeness (QED) is 0.223. The molecular formula is C26H38O3. The minimum Gasteiger partial charge on any atom is -0.507 e. The van der Waals surface area contributed by atoms with Crippen molar-refractivity contribution < 1.29 is 14.6 Å². The van der Waals surface area contributed by atoms with Crippen LogP contribution in [-0.4, -0.2) is 17.2 Å². The SMILES string of the molecule is CCC(=CCCC(C)=CC1OC(=O)C(CC)=C1O)CC=CC(C)=CCC=C(C)C. The van der Waals surface area contributed by atoms with Crippen LogP contribution >= 0.6 is 0 Å². The molecule has 0 aromatic carbocycles. The highest BCUT2D eigenvalue weighted by atomic mass is 16.6. The summed E-state index contributed by atoms with van der Waals surface area (Å²) < 4.78 is 5.24. The van der Waals surface area contributed by atoms with Crippen molar-refractivity contribution in [2.75, 3.05) is 0 Å². The zero-order chi connectivity index (χ0) is 21.8. The Morgan fingerprint density at radius 2 is 1.83 bits per heavy atom. The summed E-state index contributed by atoms with van der Waals surface area (Å²) in [5.41, 5.74) is 5.58. The normalized spacial score (nSPS) is 18.6. The van der Waals surface area contributed by atoms with Crippen LogP contribution in [0.5, 0.6) is 0 Å². The molecule has 160 valence electrons. The van der Waals surface area contributed by atoms with Crippen LogP contribution in [-0.2, 0) is 9.53 Å². The maximum Gasteiger partial charge on any atom is 0.338 e. The van der Waals surface area contributed by atoms with Crippen molar-refractivity contribution in [1.29, 1.82) is 0 Å². The summed E-state index contributed by atoms with van der Waals surface area (Å²) >= 11 is 0. The van der Waals surface area contributed by atoms with Gasteiger partial charge in [0.25, 0.3) is 0 Å². The molecule has 1 heterocycles. The van der Waals surface area contributed by atoms with Gasteiger partial charge in [0.2, 0.25) is 0 Å². The number of carbonyl (C=O) groups is 1. The fraction of sp³-hybridized carbons (Fsp3) is 0.500. The van der Waals surface area contributed by atoms with Crippen molar-refractivity contribution in [2.45, 2.75) is 86.2 Å². The number of hydrogen-bond acceptors (Lipinski definition) is 3. The van der Waals surface area contributed by atoms with Gasteiger partial charge in [-0.25, -0.2) is 4.79 Å². The number of allylic oxidation sites excluding steroid dienone is 9. The first-order valence-electron chi connectivity index (χ1n) is 10.7. The van der Waals surface area contributed by atoms with Gasteiger partial charge in [-0.1, -0.05) is 66.5 Å². The van der Waals surface area contributed by atoms with Crippen LogP contribution < -0.4 is 0 Å². The third kappa shape index (κ3) is 9.17. The number of cyclic esters (lactones) is 1. The highest BCUT2D eigenvalue weighted by molar-refractivity contribution is 5.91. The Balaban J connectivity index is 2.54. The van der Waals surface area contributed by atoms with Gasteiger partial charge in [0.05, 0.1) is 5.57 Å². The Morgan fingerprint density at radius 3 is 2.41 bits per heavy atom. The third-order valence-electron chi connectivity index (χ3n) is 5.00. The molecule has 1 aliphatic heterocycles.